The van der Waals surface area contributed by atoms with E-state index in [1.165, 1.54) is 43.5 Å². The Balaban J connectivity index is 2.72. The largest absolute Gasteiger partial charge is 0.496 e. The molecule has 0 amide bonds. The summed E-state index contributed by atoms with van der Waals surface area (Å²) < 4.78 is 18.0. The number of hydrogen-bond acceptors (Lipinski definition) is 3. The van der Waals surface area contributed by atoms with E-state index in [1.807, 2.05) is 0 Å². The molecule has 6 heteroatoms. The Morgan fingerprint density at radius 2 is 1.89 bits per heavy atom. The van der Waals surface area contributed by atoms with Gasteiger partial charge in [0.2, 0.25) is 0 Å². The fraction of sp³-hybridized carbons (Fsp3) is 0.0769. The summed E-state index contributed by atoms with van der Waals surface area (Å²) in [4.78, 5) is 10.6. The lowest BCUT2D eigenvalue weighted by atomic mass is 10.0. The molecule has 4 nitrogen and oxygen atoms in total. The zero-order chi connectivity index (χ0) is 14.0. The van der Waals surface area contributed by atoms with E-state index in [1.54, 1.807) is 0 Å². The topological polar surface area (TPSA) is 52.4 Å². The van der Waals surface area contributed by atoms with Gasteiger partial charge in [-0.05, 0) is 23.8 Å². The number of methoxy groups -OCH3 is 1. The summed E-state index contributed by atoms with van der Waals surface area (Å²) in [6.45, 7) is 0. The molecule has 0 radical (unpaired) electrons. The molecule has 0 unspecified atom stereocenters. The van der Waals surface area contributed by atoms with Crippen LogP contribution in [-0.2, 0) is 0 Å². The predicted molar refractivity (Wildman–Crippen MR) is 70.1 cm³/mol. The Morgan fingerprint density at radius 1 is 1.26 bits per heavy atom. The van der Waals surface area contributed by atoms with E-state index in [0.29, 0.717) is 5.56 Å². The molecule has 0 aliphatic heterocycles. The maximum Gasteiger partial charge on any atom is 0.282 e. The lowest BCUT2D eigenvalue weighted by molar-refractivity contribution is -0.384. The van der Waals surface area contributed by atoms with Gasteiger partial charge in [-0.3, -0.25) is 10.1 Å². The van der Waals surface area contributed by atoms with Crippen molar-refractivity contribution in [3.8, 4) is 16.9 Å². The van der Waals surface area contributed by atoms with Gasteiger partial charge < -0.3 is 4.74 Å². The number of nitro benzene ring substituents is 1. The Labute approximate surface area is 113 Å². The third kappa shape index (κ3) is 2.66. The predicted octanol–water partition coefficient (Wildman–Crippen LogP) is 4.06. The standard InChI is InChI=1S/C13H9ClFNO3/c1-19-12-7-9(14)6-11(16(17)18)13(12)8-2-4-10(15)5-3-8/h2-7H,1H3. The molecule has 2 aromatic carbocycles. The molecule has 0 bridgehead atoms. The smallest absolute Gasteiger partial charge is 0.282 e. The lowest BCUT2D eigenvalue weighted by Crippen LogP contribution is -1.96. The number of hydrogen-bond donors (Lipinski definition) is 0. The zero-order valence-corrected chi connectivity index (χ0v) is 10.6. The maximum atomic E-state index is 12.9. The van der Waals surface area contributed by atoms with E-state index in [-0.39, 0.29) is 22.0 Å². The average Bonchev–Trinajstić information content (AvgIpc) is 2.38. The molecule has 2 aromatic rings. The Bertz CT molecular complexity index is 629. The highest BCUT2D eigenvalue weighted by Crippen LogP contribution is 2.40. The van der Waals surface area contributed by atoms with Crippen LogP contribution < -0.4 is 4.74 Å². The number of nitro groups is 1. The van der Waals surface area contributed by atoms with E-state index < -0.39 is 10.7 Å². The molecule has 2 rings (SSSR count). The first-order chi connectivity index (χ1) is 9.02. The SMILES string of the molecule is COc1cc(Cl)cc([N+](=O)[O-])c1-c1ccc(F)cc1. The number of halogens is 2. The zero-order valence-electron chi connectivity index (χ0n) is 9.89. The van der Waals surface area contributed by atoms with E-state index >= 15 is 0 Å². The van der Waals surface area contributed by atoms with Crippen molar-refractivity contribution in [3.05, 3.63) is 57.4 Å². The molecule has 19 heavy (non-hydrogen) atoms. The molecule has 0 fully saturated rings. The van der Waals surface area contributed by atoms with Crippen molar-refractivity contribution in [1.82, 2.24) is 0 Å². The molecule has 0 aromatic heterocycles. The number of rotatable bonds is 3. The van der Waals surface area contributed by atoms with Gasteiger partial charge in [0.15, 0.2) is 0 Å². The van der Waals surface area contributed by atoms with Gasteiger partial charge in [0.1, 0.15) is 17.1 Å². The van der Waals surface area contributed by atoms with Gasteiger partial charge in [-0.2, -0.15) is 0 Å². The first kappa shape index (κ1) is 13.3. The molecule has 0 saturated heterocycles. The van der Waals surface area contributed by atoms with Gasteiger partial charge in [-0.15, -0.1) is 0 Å². The summed E-state index contributed by atoms with van der Waals surface area (Å²) >= 11 is 5.81. The van der Waals surface area contributed by atoms with Gasteiger partial charge in [0.25, 0.3) is 5.69 Å². The molecule has 0 spiro atoms. The van der Waals surface area contributed by atoms with Crippen LogP contribution in [0.25, 0.3) is 11.1 Å². The first-order valence-electron chi connectivity index (χ1n) is 5.31. The minimum absolute atomic E-state index is 0.184. The summed E-state index contributed by atoms with van der Waals surface area (Å²) in [5.41, 5.74) is 0.578. The molecule has 0 saturated carbocycles. The van der Waals surface area contributed by atoms with Crippen LogP contribution in [0.1, 0.15) is 0 Å². The maximum absolute atomic E-state index is 12.9. The van der Waals surface area contributed by atoms with Crippen molar-refractivity contribution in [3.63, 3.8) is 0 Å². The van der Waals surface area contributed by atoms with Gasteiger partial charge >= 0.3 is 0 Å². The fourth-order valence-corrected chi connectivity index (χ4v) is 1.98. The molecule has 0 aliphatic carbocycles. The van der Waals surface area contributed by atoms with Crippen LogP contribution >= 0.6 is 11.6 Å². The molecule has 0 N–H and O–H groups in total. The Kier molecular flexibility index (Phi) is 3.66. The summed E-state index contributed by atoms with van der Waals surface area (Å²) in [7, 11) is 1.39. The van der Waals surface area contributed by atoms with E-state index in [9.17, 15) is 14.5 Å². The second-order valence-corrected chi connectivity index (χ2v) is 4.20. The highest BCUT2D eigenvalue weighted by Gasteiger charge is 2.21. The van der Waals surface area contributed by atoms with Crippen LogP contribution in [0.2, 0.25) is 5.02 Å². The normalized spacial score (nSPS) is 10.3. The van der Waals surface area contributed by atoms with Crippen molar-refractivity contribution in [2.24, 2.45) is 0 Å². The van der Waals surface area contributed by atoms with E-state index in [0.717, 1.165) is 0 Å². The summed E-state index contributed by atoms with van der Waals surface area (Å²) in [6.07, 6.45) is 0. The lowest BCUT2D eigenvalue weighted by Gasteiger charge is -2.10. The van der Waals surface area contributed by atoms with Gasteiger partial charge in [0, 0.05) is 6.07 Å². The average molecular weight is 282 g/mol. The molecule has 98 valence electrons. The van der Waals surface area contributed by atoms with Gasteiger partial charge in [0.05, 0.1) is 17.1 Å². The van der Waals surface area contributed by atoms with Crippen LogP contribution in [-0.4, -0.2) is 12.0 Å². The monoisotopic (exact) mass is 281 g/mol. The number of benzene rings is 2. The number of nitrogens with zero attached hydrogens (tertiary/aromatic N) is 1. The van der Waals surface area contributed by atoms with E-state index in [2.05, 4.69) is 0 Å². The molecule has 0 heterocycles. The minimum atomic E-state index is -0.549. The van der Waals surface area contributed by atoms with E-state index in [4.69, 9.17) is 16.3 Å². The van der Waals surface area contributed by atoms with Crippen LogP contribution in [0.4, 0.5) is 10.1 Å². The second kappa shape index (κ2) is 5.24. The molecular formula is C13H9ClFNO3. The molecule has 0 aliphatic rings. The van der Waals surface area contributed by atoms with Gasteiger partial charge in [-0.25, -0.2) is 4.39 Å². The summed E-state index contributed by atoms with van der Waals surface area (Å²) in [6, 6.07) is 8.08. The van der Waals surface area contributed by atoms with Crippen LogP contribution in [0, 0.1) is 15.9 Å². The van der Waals surface area contributed by atoms with Crippen molar-refractivity contribution >= 4 is 17.3 Å². The van der Waals surface area contributed by atoms with Crippen LogP contribution in [0.3, 0.4) is 0 Å². The van der Waals surface area contributed by atoms with Crippen LogP contribution in [0.5, 0.6) is 5.75 Å². The Hall–Kier alpha value is -2.14. The first-order valence-corrected chi connectivity index (χ1v) is 5.68. The minimum Gasteiger partial charge on any atom is -0.496 e. The van der Waals surface area contributed by atoms with Crippen LogP contribution in [0.15, 0.2) is 36.4 Å². The van der Waals surface area contributed by atoms with Crippen molar-refractivity contribution in [2.75, 3.05) is 7.11 Å². The quantitative estimate of drug-likeness (QED) is 0.629. The fourth-order valence-electron chi connectivity index (χ4n) is 1.78. The highest BCUT2D eigenvalue weighted by molar-refractivity contribution is 6.31. The van der Waals surface area contributed by atoms with Crippen molar-refractivity contribution in [2.45, 2.75) is 0 Å². The molecule has 0 atom stereocenters. The molecular weight excluding hydrogens is 273 g/mol. The van der Waals surface area contributed by atoms with Gasteiger partial charge in [-0.1, -0.05) is 23.7 Å². The third-order valence-corrected chi connectivity index (χ3v) is 2.81. The van der Waals surface area contributed by atoms with Crippen molar-refractivity contribution < 1.29 is 14.1 Å². The Morgan fingerprint density at radius 3 is 2.42 bits per heavy atom. The highest BCUT2D eigenvalue weighted by atomic mass is 35.5. The van der Waals surface area contributed by atoms with Crippen molar-refractivity contribution in [1.29, 1.82) is 0 Å². The summed E-state index contributed by atoms with van der Waals surface area (Å²) in [5.74, 6) is -0.148. The number of ether oxygens (including phenoxy) is 1. The third-order valence-electron chi connectivity index (χ3n) is 2.60. The second-order valence-electron chi connectivity index (χ2n) is 3.77. The summed E-state index contributed by atoms with van der Waals surface area (Å²) in [5, 5.41) is 11.3.